The first kappa shape index (κ1) is 30.8. The Balaban J connectivity index is 1.11. The van der Waals surface area contributed by atoms with E-state index in [1.807, 2.05) is 11.3 Å². The van der Waals surface area contributed by atoms with Crippen molar-refractivity contribution in [1.82, 2.24) is 0 Å². The molecule has 0 aliphatic heterocycles. The molecule has 1 heterocycles. The summed E-state index contributed by atoms with van der Waals surface area (Å²) in [4.78, 5) is 2.48. The maximum absolute atomic E-state index is 2.48. The topological polar surface area (TPSA) is 3.24 Å². The van der Waals surface area contributed by atoms with Crippen molar-refractivity contribution in [3.8, 4) is 22.3 Å². The molecule has 0 unspecified atom stereocenters. The molecule has 0 saturated carbocycles. The van der Waals surface area contributed by atoms with Gasteiger partial charge in [-0.3, -0.25) is 0 Å². The van der Waals surface area contributed by atoms with Crippen molar-refractivity contribution in [2.24, 2.45) is 0 Å². The van der Waals surface area contributed by atoms with E-state index in [2.05, 4.69) is 205 Å². The summed E-state index contributed by atoms with van der Waals surface area (Å²) in [6.07, 6.45) is 0. The lowest BCUT2D eigenvalue weighted by Crippen LogP contribution is -2.11. The lowest BCUT2D eigenvalue weighted by atomic mass is 9.94. The van der Waals surface area contributed by atoms with Crippen LogP contribution in [-0.2, 0) is 0 Å². The van der Waals surface area contributed by atoms with E-state index in [1.165, 1.54) is 91.2 Å². The van der Waals surface area contributed by atoms with Crippen molar-refractivity contribution in [2.45, 2.75) is 0 Å². The standard InChI is InChI=1S/C52H33NS/c1-2-12-35(13-3-1)42-16-8-10-20-47(42)53(48-33-39-15-5-7-18-44(39)51-46-19-9-11-21-49(46)54-52(48)51)41-29-26-34(27-30-41)38-28-31-45-40(32-38)25-24-37-23-22-36-14-4-6-17-43(36)50(37)45/h1-33H. The molecule has 1 nitrogen and oxygen atoms in total. The van der Waals surface area contributed by atoms with Crippen LogP contribution in [-0.4, -0.2) is 0 Å². The second kappa shape index (κ2) is 12.4. The fourth-order valence-electron chi connectivity index (χ4n) is 8.48. The van der Waals surface area contributed by atoms with E-state index in [9.17, 15) is 0 Å². The molecular formula is C52H33NS. The number of para-hydroxylation sites is 1. The first-order chi connectivity index (χ1) is 26.8. The molecule has 10 aromatic carbocycles. The Morgan fingerprint density at radius 2 is 0.926 bits per heavy atom. The van der Waals surface area contributed by atoms with Crippen molar-refractivity contribution >= 4 is 91.7 Å². The molecule has 0 fully saturated rings. The SMILES string of the molecule is c1ccc(-c2ccccc2N(c2ccc(-c3ccc4c(ccc5ccc6ccccc6c54)c3)cc2)c2cc3ccccc3c3c2sc2ccccc23)cc1. The highest BCUT2D eigenvalue weighted by Gasteiger charge is 2.22. The molecule has 2 heteroatoms. The summed E-state index contributed by atoms with van der Waals surface area (Å²) in [5.74, 6) is 0. The second-order valence-corrected chi connectivity index (χ2v) is 15.1. The molecular weight excluding hydrogens is 671 g/mol. The van der Waals surface area contributed by atoms with E-state index in [-0.39, 0.29) is 0 Å². The summed E-state index contributed by atoms with van der Waals surface area (Å²) in [5, 5.41) is 12.9. The predicted molar refractivity (Wildman–Crippen MR) is 235 cm³/mol. The number of hydrogen-bond donors (Lipinski definition) is 0. The molecule has 0 amide bonds. The zero-order valence-electron chi connectivity index (χ0n) is 29.4. The quantitative estimate of drug-likeness (QED) is 0.161. The third-order valence-electron chi connectivity index (χ3n) is 11.0. The van der Waals surface area contributed by atoms with E-state index < -0.39 is 0 Å². The average molecular weight is 704 g/mol. The lowest BCUT2D eigenvalue weighted by Gasteiger charge is -2.29. The second-order valence-electron chi connectivity index (χ2n) is 14.1. The molecule has 0 aliphatic carbocycles. The summed E-state index contributed by atoms with van der Waals surface area (Å²) < 4.78 is 2.59. The number of rotatable bonds is 5. The van der Waals surface area contributed by atoms with Crippen LogP contribution < -0.4 is 4.90 Å². The van der Waals surface area contributed by atoms with E-state index in [0.717, 1.165) is 11.4 Å². The van der Waals surface area contributed by atoms with Gasteiger partial charge in [-0.15, -0.1) is 11.3 Å². The number of fused-ring (bicyclic) bond motifs is 10. The van der Waals surface area contributed by atoms with Gasteiger partial charge in [-0.05, 0) is 96.2 Å². The fourth-order valence-corrected chi connectivity index (χ4v) is 9.70. The van der Waals surface area contributed by atoms with Crippen LogP contribution in [0, 0.1) is 0 Å². The molecule has 0 radical (unpaired) electrons. The van der Waals surface area contributed by atoms with Gasteiger partial charge in [-0.2, -0.15) is 0 Å². The summed E-state index contributed by atoms with van der Waals surface area (Å²) in [7, 11) is 0. The van der Waals surface area contributed by atoms with Gasteiger partial charge in [0.15, 0.2) is 0 Å². The number of nitrogens with zero attached hydrogens (tertiary/aromatic N) is 1. The Hall–Kier alpha value is -6.74. The van der Waals surface area contributed by atoms with Gasteiger partial charge in [-0.25, -0.2) is 0 Å². The fraction of sp³-hybridized carbons (Fsp3) is 0. The number of hydrogen-bond acceptors (Lipinski definition) is 2. The van der Waals surface area contributed by atoms with Gasteiger partial charge in [-0.1, -0.05) is 164 Å². The Morgan fingerprint density at radius 3 is 1.76 bits per heavy atom. The van der Waals surface area contributed by atoms with Gasteiger partial charge in [0.25, 0.3) is 0 Å². The molecule has 11 aromatic rings. The minimum Gasteiger partial charge on any atom is -0.308 e. The summed E-state index contributed by atoms with van der Waals surface area (Å²) in [6.45, 7) is 0. The van der Waals surface area contributed by atoms with Gasteiger partial charge >= 0.3 is 0 Å². The first-order valence-electron chi connectivity index (χ1n) is 18.5. The monoisotopic (exact) mass is 703 g/mol. The van der Waals surface area contributed by atoms with Crippen LogP contribution in [0.5, 0.6) is 0 Å². The highest BCUT2D eigenvalue weighted by Crippen LogP contribution is 2.49. The largest absolute Gasteiger partial charge is 0.308 e. The van der Waals surface area contributed by atoms with Crippen LogP contribution in [0.4, 0.5) is 17.1 Å². The first-order valence-corrected chi connectivity index (χ1v) is 19.3. The predicted octanol–water partition coefficient (Wildman–Crippen LogP) is 15.5. The van der Waals surface area contributed by atoms with E-state index in [1.54, 1.807) is 0 Å². The Morgan fingerprint density at radius 1 is 0.333 bits per heavy atom. The lowest BCUT2D eigenvalue weighted by molar-refractivity contribution is 1.30. The van der Waals surface area contributed by atoms with E-state index in [4.69, 9.17) is 0 Å². The zero-order valence-corrected chi connectivity index (χ0v) is 30.2. The zero-order chi connectivity index (χ0) is 35.6. The average Bonchev–Trinajstić information content (AvgIpc) is 3.64. The third kappa shape index (κ3) is 4.92. The molecule has 0 N–H and O–H groups in total. The van der Waals surface area contributed by atoms with E-state index in [0.29, 0.717) is 0 Å². The van der Waals surface area contributed by atoms with Crippen molar-refractivity contribution < 1.29 is 0 Å². The highest BCUT2D eigenvalue weighted by molar-refractivity contribution is 7.26. The van der Waals surface area contributed by atoms with Crippen LogP contribution in [0.1, 0.15) is 0 Å². The van der Waals surface area contributed by atoms with Gasteiger partial charge in [0.2, 0.25) is 0 Å². The molecule has 54 heavy (non-hydrogen) atoms. The molecule has 0 atom stereocenters. The number of benzene rings is 10. The molecule has 252 valence electrons. The molecule has 0 bridgehead atoms. The minimum atomic E-state index is 1.12. The van der Waals surface area contributed by atoms with Gasteiger partial charge in [0.05, 0.1) is 16.1 Å². The van der Waals surface area contributed by atoms with Crippen LogP contribution >= 0.6 is 11.3 Å². The maximum atomic E-state index is 2.48. The maximum Gasteiger partial charge on any atom is 0.0647 e. The van der Waals surface area contributed by atoms with E-state index >= 15 is 0 Å². The highest BCUT2D eigenvalue weighted by atomic mass is 32.1. The third-order valence-corrected chi connectivity index (χ3v) is 12.2. The minimum absolute atomic E-state index is 1.12. The molecule has 1 aromatic heterocycles. The Labute approximate surface area is 317 Å². The normalized spacial score (nSPS) is 11.7. The summed E-state index contributed by atoms with van der Waals surface area (Å²) >= 11 is 1.88. The van der Waals surface area contributed by atoms with Crippen molar-refractivity contribution in [1.29, 1.82) is 0 Å². The molecule has 0 saturated heterocycles. The summed E-state index contributed by atoms with van der Waals surface area (Å²) in [5.41, 5.74) is 8.25. The Kier molecular flexibility index (Phi) is 7.11. The molecule has 11 rings (SSSR count). The van der Waals surface area contributed by atoms with Gasteiger partial charge in [0.1, 0.15) is 0 Å². The van der Waals surface area contributed by atoms with Crippen molar-refractivity contribution in [3.05, 3.63) is 200 Å². The number of thiophene rings is 1. The van der Waals surface area contributed by atoms with Gasteiger partial charge < -0.3 is 4.90 Å². The van der Waals surface area contributed by atoms with Crippen LogP contribution in [0.3, 0.4) is 0 Å². The Bertz CT molecular complexity index is 3210. The molecule has 0 aliphatic rings. The van der Waals surface area contributed by atoms with Crippen molar-refractivity contribution in [2.75, 3.05) is 4.90 Å². The van der Waals surface area contributed by atoms with Crippen molar-refractivity contribution in [3.63, 3.8) is 0 Å². The molecule has 0 spiro atoms. The van der Waals surface area contributed by atoms with Crippen LogP contribution in [0.15, 0.2) is 200 Å². The smallest absolute Gasteiger partial charge is 0.0647 e. The van der Waals surface area contributed by atoms with Crippen LogP contribution in [0.25, 0.3) is 85.5 Å². The number of anilines is 3. The van der Waals surface area contributed by atoms with Gasteiger partial charge in [0, 0.05) is 26.7 Å². The van der Waals surface area contributed by atoms with Crippen LogP contribution in [0.2, 0.25) is 0 Å². The summed E-state index contributed by atoms with van der Waals surface area (Å²) in [6, 6.07) is 73.4.